The van der Waals surface area contributed by atoms with Crippen LogP contribution >= 0.6 is 12.2 Å². The number of benzene rings is 1. The van der Waals surface area contributed by atoms with Crippen LogP contribution < -0.4 is 15.4 Å². The molecule has 21 heavy (non-hydrogen) atoms. The summed E-state index contributed by atoms with van der Waals surface area (Å²) < 4.78 is 5.74. The summed E-state index contributed by atoms with van der Waals surface area (Å²) in [5, 5.41) is 7.77. The second kappa shape index (κ2) is 6.65. The van der Waals surface area contributed by atoms with Gasteiger partial charge in [0.25, 0.3) is 0 Å². The summed E-state index contributed by atoms with van der Waals surface area (Å²) in [5.41, 5.74) is 2.49. The van der Waals surface area contributed by atoms with Crippen molar-refractivity contribution in [2.75, 3.05) is 6.61 Å². The Morgan fingerprint density at radius 2 is 1.95 bits per heavy atom. The summed E-state index contributed by atoms with van der Waals surface area (Å²) in [6.07, 6.45) is 7.45. The summed E-state index contributed by atoms with van der Waals surface area (Å²) in [4.78, 5) is 0. The lowest BCUT2D eigenvalue weighted by molar-refractivity contribution is 0.261. The molecule has 1 fully saturated rings. The number of hydrogen-bond acceptors (Lipinski definition) is 2. The van der Waals surface area contributed by atoms with Crippen LogP contribution in [0.4, 0.5) is 0 Å². The zero-order chi connectivity index (χ0) is 14.7. The van der Waals surface area contributed by atoms with Crippen molar-refractivity contribution in [3.05, 3.63) is 29.3 Å². The van der Waals surface area contributed by atoms with E-state index in [0.29, 0.717) is 6.04 Å². The number of nitrogens with one attached hydrogen (secondary N) is 2. The summed E-state index contributed by atoms with van der Waals surface area (Å²) in [7, 11) is 0. The third kappa shape index (κ3) is 3.67. The Labute approximate surface area is 132 Å². The molecule has 1 saturated carbocycles. The number of hydrogen-bond donors (Lipinski definition) is 2. The molecule has 4 heteroatoms. The van der Waals surface area contributed by atoms with E-state index < -0.39 is 0 Å². The molecule has 0 bridgehead atoms. The average molecular weight is 304 g/mol. The smallest absolute Gasteiger partial charge is 0.166 e. The second-order valence-electron chi connectivity index (χ2n) is 6.18. The van der Waals surface area contributed by atoms with Gasteiger partial charge in [-0.1, -0.05) is 37.0 Å². The summed E-state index contributed by atoms with van der Waals surface area (Å²) in [6, 6.07) is 7.18. The average Bonchev–Trinajstić information content (AvgIpc) is 2.49. The van der Waals surface area contributed by atoms with E-state index in [0.717, 1.165) is 23.9 Å². The Morgan fingerprint density at radius 3 is 2.76 bits per heavy atom. The Hall–Kier alpha value is -1.29. The number of aryl methyl sites for hydroxylation is 1. The highest BCUT2D eigenvalue weighted by Crippen LogP contribution is 2.32. The topological polar surface area (TPSA) is 33.3 Å². The van der Waals surface area contributed by atoms with Crippen LogP contribution in [0.2, 0.25) is 0 Å². The highest BCUT2D eigenvalue weighted by atomic mass is 32.1. The van der Waals surface area contributed by atoms with E-state index in [1.54, 1.807) is 0 Å². The van der Waals surface area contributed by atoms with Gasteiger partial charge in [-0.2, -0.15) is 0 Å². The Balaban J connectivity index is 1.63. The second-order valence-corrected chi connectivity index (χ2v) is 6.59. The molecule has 1 aliphatic heterocycles. The van der Waals surface area contributed by atoms with Gasteiger partial charge < -0.3 is 15.4 Å². The predicted octanol–water partition coefficient (Wildman–Crippen LogP) is 3.62. The van der Waals surface area contributed by atoms with Crippen LogP contribution in [0, 0.1) is 6.92 Å². The van der Waals surface area contributed by atoms with Crippen LogP contribution in [0.5, 0.6) is 5.75 Å². The third-order valence-corrected chi connectivity index (χ3v) is 4.69. The van der Waals surface area contributed by atoms with Crippen LogP contribution in [0.1, 0.15) is 55.7 Å². The van der Waals surface area contributed by atoms with Crippen molar-refractivity contribution in [3.8, 4) is 5.75 Å². The SMILES string of the molecule is Cc1ccc2c(c1)C(NC(=S)NC1CCCCC1)CCO2. The van der Waals surface area contributed by atoms with Crippen LogP contribution in [-0.4, -0.2) is 17.8 Å². The van der Waals surface area contributed by atoms with Crippen LogP contribution in [-0.2, 0) is 0 Å². The molecule has 1 atom stereocenters. The number of rotatable bonds is 2. The first-order valence-electron chi connectivity index (χ1n) is 8.03. The summed E-state index contributed by atoms with van der Waals surface area (Å²) >= 11 is 5.51. The lowest BCUT2D eigenvalue weighted by atomic mass is 9.95. The van der Waals surface area contributed by atoms with Gasteiger partial charge in [-0.05, 0) is 38.0 Å². The molecule has 0 spiro atoms. The van der Waals surface area contributed by atoms with Crippen molar-refractivity contribution in [3.63, 3.8) is 0 Å². The maximum absolute atomic E-state index is 5.74. The summed E-state index contributed by atoms with van der Waals surface area (Å²) in [6.45, 7) is 2.87. The summed E-state index contributed by atoms with van der Waals surface area (Å²) in [5.74, 6) is 0.991. The van der Waals surface area contributed by atoms with Crippen molar-refractivity contribution in [2.24, 2.45) is 0 Å². The zero-order valence-corrected chi connectivity index (χ0v) is 13.5. The van der Waals surface area contributed by atoms with Gasteiger partial charge in [-0.3, -0.25) is 0 Å². The van der Waals surface area contributed by atoms with Crippen molar-refractivity contribution in [2.45, 2.75) is 57.5 Å². The first kappa shape index (κ1) is 14.6. The van der Waals surface area contributed by atoms with E-state index in [1.165, 1.54) is 43.2 Å². The molecule has 1 heterocycles. The molecule has 1 aromatic rings. The molecule has 3 rings (SSSR count). The highest BCUT2D eigenvalue weighted by Gasteiger charge is 2.23. The normalized spacial score (nSPS) is 22.0. The maximum Gasteiger partial charge on any atom is 0.166 e. The van der Waals surface area contributed by atoms with Gasteiger partial charge in [0.05, 0.1) is 12.6 Å². The molecule has 2 N–H and O–H groups in total. The Bertz CT molecular complexity index is 512. The molecule has 1 aromatic carbocycles. The van der Waals surface area contributed by atoms with Gasteiger partial charge in [0.15, 0.2) is 5.11 Å². The number of ether oxygens (including phenoxy) is 1. The van der Waals surface area contributed by atoms with E-state index >= 15 is 0 Å². The largest absolute Gasteiger partial charge is 0.493 e. The van der Waals surface area contributed by atoms with Crippen molar-refractivity contribution < 1.29 is 4.74 Å². The molecule has 0 amide bonds. The van der Waals surface area contributed by atoms with Gasteiger partial charge in [-0.25, -0.2) is 0 Å². The standard InChI is InChI=1S/C17H24N2OS/c1-12-7-8-16-14(11-12)15(9-10-20-16)19-17(21)18-13-5-3-2-4-6-13/h7-8,11,13,15H,2-6,9-10H2,1H3,(H2,18,19,21). The number of fused-ring (bicyclic) bond motifs is 1. The minimum Gasteiger partial charge on any atom is -0.493 e. The van der Waals surface area contributed by atoms with E-state index in [2.05, 4.69) is 35.8 Å². The monoisotopic (exact) mass is 304 g/mol. The minimum atomic E-state index is 0.261. The molecule has 1 unspecified atom stereocenters. The fraction of sp³-hybridized carbons (Fsp3) is 0.588. The molecule has 2 aliphatic rings. The molecule has 0 aromatic heterocycles. The minimum absolute atomic E-state index is 0.261. The highest BCUT2D eigenvalue weighted by molar-refractivity contribution is 7.80. The van der Waals surface area contributed by atoms with E-state index in [1.807, 2.05) is 0 Å². The molecule has 0 saturated heterocycles. The van der Waals surface area contributed by atoms with Crippen molar-refractivity contribution >= 4 is 17.3 Å². The molecule has 1 aliphatic carbocycles. The first-order chi connectivity index (χ1) is 10.2. The van der Waals surface area contributed by atoms with Crippen molar-refractivity contribution in [1.82, 2.24) is 10.6 Å². The van der Waals surface area contributed by atoms with E-state index in [-0.39, 0.29) is 6.04 Å². The van der Waals surface area contributed by atoms with Gasteiger partial charge in [0.1, 0.15) is 5.75 Å². The van der Waals surface area contributed by atoms with Crippen LogP contribution in [0.3, 0.4) is 0 Å². The van der Waals surface area contributed by atoms with Crippen LogP contribution in [0.25, 0.3) is 0 Å². The Kier molecular flexibility index (Phi) is 4.63. The molecule has 0 radical (unpaired) electrons. The lowest BCUT2D eigenvalue weighted by Gasteiger charge is -2.30. The van der Waals surface area contributed by atoms with Gasteiger partial charge in [0, 0.05) is 18.0 Å². The molecular weight excluding hydrogens is 280 g/mol. The van der Waals surface area contributed by atoms with E-state index in [4.69, 9.17) is 17.0 Å². The van der Waals surface area contributed by atoms with Gasteiger partial charge >= 0.3 is 0 Å². The number of thiocarbonyl (C=S) groups is 1. The predicted molar refractivity (Wildman–Crippen MR) is 89.8 cm³/mol. The van der Waals surface area contributed by atoms with Crippen molar-refractivity contribution in [1.29, 1.82) is 0 Å². The first-order valence-corrected chi connectivity index (χ1v) is 8.43. The maximum atomic E-state index is 5.74. The quantitative estimate of drug-likeness (QED) is 0.818. The third-order valence-electron chi connectivity index (χ3n) is 4.45. The molecule has 114 valence electrons. The molecule has 3 nitrogen and oxygen atoms in total. The van der Waals surface area contributed by atoms with E-state index in [9.17, 15) is 0 Å². The van der Waals surface area contributed by atoms with Gasteiger partial charge in [0.2, 0.25) is 0 Å². The molecular formula is C17H24N2OS. The fourth-order valence-electron chi connectivity index (χ4n) is 3.30. The van der Waals surface area contributed by atoms with Gasteiger partial charge in [-0.15, -0.1) is 0 Å². The Morgan fingerprint density at radius 1 is 1.14 bits per heavy atom. The fourth-order valence-corrected chi connectivity index (χ4v) is 3.60. The zero-order valence-electron chi connectivity index (χ0n) is 12.7. The van der Waals surface area contributed by atoms with Crippen LogP contribution in [0.15, 0.2) is 18.2 Å². The lowest BCUT2D eigenvalue weighted by Crippen LogP contribution is -2.44.